The number of fused-ring (bicyclic) bond motifs is 10. The quantitative estimate of drug-likeness (QED) is 0.187. The molecule has 5 heteroatoms. The molecule has 0 saturated carbocycles. The van der Waals surface area contributed by atoms with Crippen molar-refractivity contribution in [2.75, 3.05) is 0 Å². The Morgan fingerprint density at radius 2 is 1.38 bits per heavy atom. The number of para-hydroxylation sites is 1. The van der Waals surface area contributed by atoms with Crippen LogP contribution in [0, 0.1) is 11.3 Å². The van der Waals surface area contributed by atoms with Gasteiger partial charge in [-0.2, -0.15) is 15.2 Å². The van der Waals surface area contributed by atoms with Crippen LogP contribution in [0.25, 0.3) is 67.2 Å². The molecular formula is C47H37N5. The second-order valence-corrected chi connectivity index (χ2v) is 15.0. The predicted molar refractivity (Wildman–Crippen MR) is 212 cm³/mol. The maximum atomic E-state index is 9.53. The summed E-state index contributed by atoms with van der Waals surface area (Å²) in [4.78, 5) is 15.6. The number of rotatable bonds is 3. The molecule has 250 valence electrons. The van der Waals surface area contributed by atoms with Crippen LogP contribution in [-0.4, -0.2) is 19.5 Å². The molecule has 2 heterocycles. The molecule has 0 spiro atoms. The predicted octanol–water partition coefficient (Wildman–Crippen LogP) is 11.3. The van der Waals surface area contributed by atoms with Gasteiger partial charge in [0, 0.05) is 27.3 Å². The van der Waals surface area contributed by atoms with Crippen LogP contribution in [-0.2, 0) is 10.8 Å². The first kappa shape index (κ1) is 31.6. The van der Waals surface area contributed by atoms with Crippen molar-refractivity contribution >= 4 is 27.4 Å². The summed E-state index contributed by atoms with van der Waals surface area (Å²) in [6.07, 6.45) is 9.53. The van der Waals surface area contributed by atoms with Gasteiger partial charge in [-0.05, 0) is 81.1 Å². The fourth-order valence-electron chi connectivity index (χ4n) is 8.49. The van der Waals surface area contributed by atoms with Crippen LogP contribution in [0.15, 0.2) is 134 Å². The van der Waals surface area contributed by atoms with Gasteiger partial charge in [-0.3, -0.25) is 4.57 Å². The summed E-state index contributed by atoms with van der Waals surface area (Å²) in [7, 11) is 0. The first-order valence-electron chi connectivity index (χ1n) is 17.8. The monoisotopic (exact) mass is 671 g/mol. The lowest BCUT2D eigenvalue weighted by Crippen LogP contribution is -2.24. The Kier molecular flexibility index (Phi) is 7.04. The number of hydrogen-bond acceptors (Lipinski definition) is 4. The highest BCUT2D eigenvalue weighted by molar-refractivity contribution is 6.20. The third-order valence-electron chi connectivity index (χ3n) is 10.9. The molecule has 0 unspecified atom stereocenters. The lowest BCUT2D eigenvalue weighted by molar-refractivity contribution is 0.533. The van der Waals surface area contributed by atoms with E-state index in [1.54, 1.807) is 0 Å². The molecule has 2 aromatic heterocycles. The molecule has 5 aromatic carbocycles. The summed E-state index contributed by atoms with van der Waals surface area (Å²) in [5.41, 5.74) is 12.4. The second kappa shape index (κ2) is 11.6. The maximum absolute atomic E-state index is 9.53. The highest BCUT2D eigenvalue weighted by Gasteiger charge is 2.44. The standard InChI is InChI=1S/C47H37N5/c1-29-16-8-7-15-27-46(2,3)41-37(29)40-38(33-19-11-13-21-35(33)47(40,4)5)39-34-20-12-14-22-36(34)52(42(39)41)45-50-43(31-17-9-6-10-18-31)49-44(51-45)32-25-23-30(28-48)24-26-32/h6-26H,1,27H2,2-5H3/b15-7-,16-8-. The van der Waals surface area contributed by atoms with Crippen molar-refractivity contribution in [3.05, 3.63) is 162 Å². The van der Waals surface area contributed by atoms with Gasteiger partial charge in [-0.1, -0.05) is 131 Å². The van der Waals surface area contributed by atoms with Crippen molar-refractivity contribution in [1.29, 1.82) is 5.26 Å². The van der Waals surface area contributed by atoms with Crippen molar-refractivity contribution in [3.8, 4) is 45.9 Å². The van der Waals surface area contributed by atoms with Gasteiger partial charge in [0.25, 0.3) is 0 Å². The zero-order valence-electron chi connectivity index (χ0n) is 29.8. The second-order valence-electron chi connectivity index (χ2n) is 15.0. The third-order valence-corrected chi connectivity index (χ3v) is 10.9. The molecular weight excluding hydrogens is 635 g/mol. The molecule has 0 fully saturated rings. The van der Waals surface area contributed by atoms with Gasteiger partial charge in [0.2, 0.25) is 5.95 Å². The molecule has 0 amide bonds. The molecule has 0 bridgehead atoms. The molecule has 0 radical (unpaired) electrons. The lowest BCUT2D eigenvalue weighted by Gasteiger charge is -2.33. The first-order chi connectivity index (χ1) is 25.2. The van der Waals surface area contributed by atoms with E-state index in [0.29, 0.717) is 23.2 Å². The molecule has 5 nitrogen and oxygen atoms in total. The summed E-state index contributed by atoms with van der Waals surface area (Å²) in [6.45, 7) is 14.2. The van der Waals surface area contributed by atoms with Crippen molar-refractivity contribution in [2.24, 2.45) is 0 Å². The van der Waals surface area contributed by atoms with Crippen molar-refractivity contribution in [1.82, 2.24) is 19.5 Å². The number of nitrogens with zero attached hydrogens (tertiary/aromatic N) is 5. The maximum Gasteiger partial charge on any atom is 0.238 e. The Morgan fingerprint density at radius 1 is 0.712 bits per heavy atom. The third kappa shape index (κ3) is 4.64. The van der Waals surface area contributed by atoms with Crippen molar-refractivity contribution in [2.45, 2.75) is 44.9 Å². The molecule has 52 heavy (non-hydrogen) atoms. The Labute approximate surface area is 304 Å². The number of nitriles is 1. The molecule has 9 rings (SSSR count). The fraction of sp³-hybridized carbons (Fsp3) is 0.149. The van der Waals surface area contributed by atoms with Crippen molar-refractivity contribution < 1.29 is 0 Å². The highest BCUT2D eigenvalue weighted by atomic mass is 15.2. The zero-order chi connectivity index (χ0) is 35.8. The number of benzene rings is 5. The fourth-order valence-corrected chi connectivity index (χ4v) is 8.49. The Bertz CT molecular complexity index is 2720. The van der Waals surface area contributed by atoms with Crippen LogP contribution in [0.5, 0.6) is 0 Å². The van der Waals surface area contributed by atoms with Crippen LogP contribution >= 0.6 is 0 Å². The van der Waals surface area contributed by atoms with Crippen LogP contribution in [0.2, 0.25) is 0 Å². The lowest BCUT2D eigenvalue weighted by atomic mass is 9.70. The average molecular weight is 672 g/mol. The zero-order valence-corrected chi connectivity index (χ0v) is 29.8. The minimum absolute atomic E-state index is 0.266. The van der Waals surface area contributed by atoms with Gasteiger partial charge in [0.05, 0.1) is 22.7 Å². The van der Waals surface area contributed by atoms with E-state index < -0.39 is 0 Å². The number of aromatic nitrogens is 4. The van der Waals surface area contributed by atoms with Gasteiger partial charge in [0.15, 0.2) is 11.6 Å². The number of hydrogen-bond donors (Lipinski definition) is 0. The molecule has 2 aliphatic rings. The van der Waals surface area contributed by atoms with E-state index in [2.05, 4.69) is 111 Å². The van der Waals surface area contributed by atoms with Crippen LogP contribution < -0.4 is 0 Å². The van der Waals surface area contributed by atoms with Crippen LogP contribution in [0.1, 0.15) is 61.9 Å². The summed E-state index contributed by atoms with van der Waals surface area (Å²) in [6, 6.07) is 37.3. The van der Waals surface area contributed by atoms with Crippen LogP contribution in [0.3, 0.4) is 0 Å². The highest BCUT2D eigenvalue weighted by Crippen LogP contribution is 2.58. The van der Waals surface area contributed by atoms with E-state index >= 15 is 0 Å². The van der Waals surface area contributed by atoms with Gasteiger partial charge < -0.3 is 0 Å². The minimum Gasteiger partial charge on any atom is -0.277 e. The van der Waals surface area contributed by atoms with E-state index in [1.165, 1.54) is 38.8 Å². The van der Waals surface area contributed by atoms with Gasteiger partial charge in [0.1, 0.15) is 0 Å². The largest absolute Gasteiger partial charge is 0.277 e. The Hall–Kier alpha value is -6.38. The van der Waals surface area contributed by atoms with E-state index in [0.717, 1.165) is 39.5 Å². The Morgan fingerprint density at radius 3 is 2.13 bits per heavy atom. The normalized spacial score (nSPS) is 16.6. The first-order valence-corrected chi connectivity index (χ1v) is 17.8. The van der Waals surface area contributed by atoms with Crippen LogP contribution in [0.4, 0.5) is 0 Å². The SMILES string of the molecule is C=C1/C=C\C=C/CC(C)(C)c2c1c1c(c3c4ccccc4n(-c4nc(-c5ccccc5)nc(-c5ccc(C#N)cc5)n4)c23)-c2ccccc2C1(C)C. The van der Waals surface area contributed by atoms with E-state index in [9.17, 15) is 5.26 Å². The summed E-state index contributed by atoms with van der Waals surface area (Å²) in [5.74, 6) is 1.67. The van der Waals surface area contributed by atoms with Gasteiger partial charge in [-0.25, -0.2) is 4.98 Å². The molecule has 0 N–H and O–H groups in total. The molecule has 0 saturated heterocycles. The Balaban J connectivity index is 1.51. The molecule has 0 atom stereocenters. The van der Waals surface area contributed by atoms with Gasteiger partial charge >= 0.3 is 0 Å². The molecule has 0 aliphatic heterocycles. The van der Waals surface area contributed by atoms with E-state index in [1.807, 2.05) is 54.6 Å². The topological polar surface area (TPSA) is 67.4 Å². The van der Waals surface area contributed by atoms with E-state index in [-0.39, 0.29) is 10.8 Å². The summed E-state index contributed by atoms with van der Waals surface area (Å²) in [5, 5.41) is 11.9. The molecule has 7 aromatic rings. The summed E-state index contributed by atoms with van der Waals surface area (Å²) >= 11 is 0. The molecule has 2 aliphatic carbocycles. The smallest absolute Gasteiger partial charge is 0.238 e. The average Bonchev–Trinajstić information content (AvgIpc) is 3.64. The minimum atomic E-state index is -0.295. The van der Waals surface area contributed by atoms with Crippen molar-refractivity contribution in [3.63, 3.8) is 0 Å². The van der Waals surface area contributed by atoms with E-state index in [4.69, 9.17) is 21.5 Å². The number of allylic oxidation sites excluding steroid dienone is 5. The summed E-state index contributed by atoms with van der Waals surface area (Å²) < 4.78 is 2.28. The van der Waals surface area contributed by atoms with Gasteiger partial charge in [-0.15, -0.1) is 0 Å².